The van der Waals surface area contributed by atoms with Gasteiger partial charge in [0.15, 0.2) is 0 Å². The van der Waals surface area contributed by atoms with Crippen molar-refractivity contribution in [1.82, 2.24) is 5.06 Å². The van der Waals surface area contributed by atoms with Crippen molar-refractivity contribution in [2.24, 2.45) is 5.92 Å². The van der Waals surface area contributed by atoms with Crippen molar-refractivity contribution >= 4 is 11.9 Å². The molecule has 0 saturated heterocycles. The van der Waals surface area contributed by atoms with Gasteiger partial charge in [0.1, 0.15) is 0 Å². The molecule has 0 aliphatic carbocycles. The predicted molar refractivity (Wildman–Crippen MR) is 84.9 cm³/mol. The molecule has 0 fully saturated rings. The van der Waals surface area contributed by atoms with E-state index in [0.717, 1.165) is 11.1 Å². The number of benzene rings is 2. The predicted octanol–water partition coefficient (Wildman–Crippen LogP) is 2.39. The fourth-order valence-electron chi connectivity index (χ4n) is 2.30. The van der Waals surface area contributed by atoms with E-state index in [-0.39, 0.29) is 19.4 Å². The summed E-state index contributed by atoms with van der Waals surface area (Å²) in [7, 11) is 0. The number of rotatable bonds is 7. The summed E-state index contributed by atoms with van der Waals surface area (Å²) in [6.45, 7) is -0.240. The van der Waals surface area contributed by atoms with E-state index in [9.17, 15) is 19.9 Å². The van der Waals surface area contributed by atoms with Gasteiger partial charge in [0, 0.05) is 0 Å². The number of carbonyl (C=O) groups is 2. The van der Waals surface area contributed by atoms with Crippen LogP contribution in [0.25, 0.3) is 0 Å². The van der Waals surface area contributed by atoms with Gasteiger partial charge in [-0.3, -0.25) is 14.8 Å². The highest BCUT2D eigenvalue weighted by molar-refractivity contribution is 5.78. The molecular formula is C18H19NO4. The van der Waals surface area contributed by atoms with Gasteiger partial charge in [-0.15, -0.1) is 0 Å². The van der Waals surface area contributed by atoms with E-state index in [1.54, 1.807) is 24.3 Å². The number of hydroxylamine groups is 2. The summed E-state index contributed by atoms with van der Waals surface area (Å²) in [6.07, 6.45) is 0.293. The van der Waals surface area contributed by atoms with Crippen molar-refractivity contribution in [2.45, 2.75) is 12.8 Å². The van der Waals surface area contributed by atoms with Crippen LogP contribution in [0.1, 0.15) is 11.1 Å². The van der Waals surface area contributed by atoms with Gasteiger partial charge in [-0.1, -0.05) is 60.7 Å². The third-order valence-corrected chi connectivity index (χ3v) is 3.55. The molecule has 1 atom stereocenters. The van der Waals surface area contributed by atoms with Crippen LogP contribution >= 0.6 is 0 Å². The van der Waals surface area contributed by atoms with Crippen LogP contribution in [0, 0.1) is 5.92 Å². The summed E-state index contributed by atoms with van der Waals surface area (Å²) in [6, 6.07) is 18.2. The molecule has 0 aromatic heterocycles. The minimum atomic E-state index is -1.04. The maximum atomic E-state index is 12.0. The first-order valence-electron chi connectivity index (χ1n) is 7.36. The van der Waals surface area contributed by atoms with E-state index < -0.39 is 17.8 Å². The molecule has 5 nitrogen and oxygen atoms in total. The van der Waals surface area contributed by atoms with Gasteiger partial charge in [-0.2, -0.15) is 0 Å². The van der Waals surface area contributed by atoms with Crippen molar-refractivity contribution in [3.05, 3.63) is 71.8 Å². The summed E-state index contributed by atoms with van der Waals surface area (Å²) in [5.74, 6) is -2.42. The quantitative estimate of drug-likeness (QED) is 0.608. The number of carbonyl (C=O) groups excluding carboxylic acids is 1. The van der Waals surface area contributed by atoms with Gasteiger partial charge in [0.05, 0.1) is 18.9 Å². The van der Waals surface area contributed by atoms with Crippen LogP contribution in [0.3, 0.4) is 0 Å². The summed E-state index contributed by atoms with van der Waals surface area (Å²) in [5, 5.41) is 19.7. The molecule has 5 heteroatoms. The zero-order chi connectivity index (χ0) is 16.7. The number of amides is 1. The average Bonchev–Trinajstić information content (AvgIpc) is 2.56. The lowest BCUT2D eigenvalue weighted by molar-refractivity contribution is -0.170. The zero-order valence-corrected chi connectivity index (χ0v) is 12.6. The van der Waals surface area contributed by atoms with E-state index in [0.29, 0.717) is 5.06 Å². The van der Waals surface area contributed by atoms with Crippen LogP contribution in [0.4, 0.5) is 0 Å². The van der Waals surface area contributed by atoms with Crippen molar-refractivity contribution in [1.29, 1.82) is 0 Å². The van der Waals surface area contributed by atoms with Crippen LogP contribution in [-0.2, 0) is 22.4 Å². The number of hydrogen-bond acceptors (Lipinski definition) is 3. The van der Waals surface area contributed by atoms with Crippen LogP contribution < -0.4 is 0 Å². The van der Waals surface area contributed by atoms with E-state index in [1.807, 2.05) is 36.4 Å². The fraction of sp³-hybridized carbons (Fsp3) is 0.222. The maximum Gasteiger partial charge on any atom is 0.308 e. The Kier molecular flexibility index (Phi) is 5.88. The molecule has 0 aliphatic rings. The van der Waals surface area contributed by atoms with Gasteiger partial charge in [0.25, 0.3) is 0 Å². The van der Waals surface area contributed by atoms with Gasteiger partial charge in [0.2, 0.25) is 5.91 Å². The van der Waals surface area contributed by atoms with Gasteiger partial charge < -0.3 is 5.11 Å². The second-order valence-electron chi connectivity index (χ2n) is 5.36. The molecule has 0 saturated carbocycles. The third-order valence-electron chi connectivity index (χ3n) is 3.55. The Bertz CT molecular complexity index is 643. The van der Waals surface area contributed by atoms with Gasteiger partial charge >= 0.3 is 5.97 Å². The topological polar surface area (TPSA) is 77.8 Å². The maximum absolute atomic E-state index is 12.0. The van der Waals surface area contributed by atoms with E-state index in [1.165, 1.54) is 0 Å². The molecule has 0 unspecified atom stereocenters. The largest absolute Gasteiger partial charge is 0.481 e. The Hall–Kier alpha value is -2.66. The Morgan fingerprint density at radius 1 is 0.913 bits per heavy atom. The second-order valence-corrected chi connectivity index (χ2v) is 5.36. The SMILES string of the molecule is O=C(O)[C@H](Cc1ccccc1)CN(O)C(=O)Cc1ccccc1. The van der Waals surface area contributed by atoms with Crippen LogP contribution in [0.5, 0.6) is 0 Å². The molecule has 2 rings (SSSR count). The number of nitrogens with zero attached hydrogens (tertiary/aromatic N) is 1. The molecule has 1 amide bonds. The highest BCUT2D eigenvalue weighted by Gasteiger charge is 2.23. The molecule has 2 aromatic rings. The molecule has 0 heterocycles. The molecule has 23 heavy (non-hydrogen) atoms. The molecule has 2 aromatic carbocycles. The molecule has 0 aliphatic heterocycles. The lowest BCUT2D eigenvalue weighted by atomic mass is 9.99. The molecule has 2 N–H and O–H groups in total. The van der Waals surface area contributed by atoms with Crippen LogP contribution in [-0.4, -0.2) is 33.8 Å². The minimum absolute atomic E-state index is 0.0367. The third kappa shape index (κ3) is 5.23. The second kappa shape index (κ2) is 8.10. The van der Waals surface area contributed by atoms with Gasteiger partial charge in [-0.05, 0) is 17.5 Å². The van der Waals surface area contributed by atoms with Crippen molar-refractivity contribution in [3.8, 4) is 0 Å². The molecule has 120 valence electrons. The highest BCUT2D eigenvalue weighted by Crippen LogP contribution is 2.11. The molecule has 0 bridgehead atoms. The van der Waals surface area contributed by atoms with E-state index in [2.05, 4.69) is 0 Å². The Labute approximate surface area is 134 Å². The molecular weight excluding hydrogens is 294 g/mol. The molecule has 0 spiro atoms. The summed E-state index contributed by atoms with van der Waals surface area (Å²) in [5.41, 5.74) is 1.62. The number of carboxylic acid groups (broad SMARTS) is 1. The smallest absolute Gasteiger partial charge is 0.308 e. The molecule has 0 radical (unpaired) electrons. The first kappa shape index (κ1) is 16.7. The first-order valence-corrected chi connectivity index (χ1v) is 7.36. The average molecular weight is 313 g/mol. The lowest BCUT2D eigenvalue weighted by Gasteiger charge is -2.20. The number of aliphatic carboxylic acids is 1. The lowest BCUT2D eigenvalue weighted by Crippen LogP contribution is -2.37. The number of hydrogen-bond donors (Lipinski definition) is 2. The Morgan fingerprint density at radius 3 is 1.96 bits per heavy atom. The van der Waals surface area contributed by atoms with E-state index in [4.69, 9.17) is 0 Å². The zero-order valence-electron chi connectivity index (χ0n) is 12.6. The monoisotopic (exact) mass is 313 g/mol. The van der Waals surface area contributed by atoms with E-state index >= 15 is 0 Å². The fourth-order valence-corrected chi connectivity index (χ4v) is 2.30. The normalized spacial score (nSPS) is 11.7. The highest BCUT2D eigenvalue weighted by atomic mass is 16.5. The summed E-state index contributed by atoms with van der Waals surface area (Å²) < 4.78 is 0. The Balaban J connectivity index is 1.96. The minimum Gasteiger partial charge on any atom is -0.481 e. The summed E-state index contributed by atoms with van der Waals surface area (Å²) in [4.78, 5) is 23.4. The summed E-state index contributed by atoms with van der Waals surface area (Å²) >= 11 is 0. The Morgan fingerprint density at radius 2 is 1.43 bits per heavy atom. The standard InChI is InChI=1S/C18H19NO4/c20-17(12-15-9-5-2-6-10-15)19(23)13-16(18(21)22)11-14-7-3-1-4-8-14/h1-10,16,23H,11-13H2,(H,21,22)/t16-/m1/s1. The van der Waals surface area contributed by atoms with Gasteiger partial charge in [-0.25, -0.2) is 5.06 Å². The first-order chi connectivity index (χ1) is 11.1. The van der Waals surface area contributed by atoms with Crippen LogP contribution in [0.2, 0.25) is 0 Å². The van der Waals surface area contributed by atoms with Crippen LogP contribution in [0.15, 0.2) is 60.7 Å². The van der Waals surface area contributed by atoms with Crippen molar-refractivity contribution in [3.63, 3.8) is 0 Å². The number of carboxylic acids is 1. The van der Waals surface area contributed by atoms with Crippen molar-refractivity contribution in [2.75, 3.05) is 6.54 Å². The van der Waals surface area contributed by atoms with Crippen molar-refractivity contribution < 1.29 is 19.9 Å².